The average molecular weight is 360 g/mol. The highest BCUT2D eigenvalue weighted by atomic mass is 35.5. The predicted molar refractivity (Wildman–Crippen MR) is 102 cm³/mol. The normalized spacial score (nSPS) is 10.2. The fourth-order valence-electron chi connectivity index (χ4n) is 2.41. The third-order valence-electron chi connectivity index (χ3n) is 3.76. The number of para-hydroxylation sites is 1. The number of nitrogens with zero attached hydrogens (tertiary/aromatic N) is 1. The number of nitrogens with one attached hydrogen (secondary N) is 2. The van der Waals surface area contributed by atoms with Gasteiger partial charge >= 0.3 is 0 Å². The third kappa shape index (κ3) is 5.22. The lowest BCUT2D eigenvalue weighted by Crippen LogP contribution is -2.30. The highest BCUT2D eigenvalue weighted by Gasteiger charge is 2.13. The van der Waals surface area contributed by atoms with Gasteiger partial charge in [-0.3, -0.25) is 9.59 Å². The molecule has 0 aliphatic carbocycles. The summed E-state index contributed by atoms with van der Waals surface area (Å²) in [6.07, 6.45) is 0. The summed E-state index contributed by atoms with van der Waals surface area (Å²) < 4.78 is 0. The second-order valence-electron chi connectivity index (χ2n) is 5.44. The molecule has 2 aromatic rings. The van der Waals surface area contributed by atoms with Gasteiger partial charge in [-0.25, -0.2) is 0 Å². The molecule has 25 heavy (non-hydrogen) atoms. The van der Waals surface area contributed by atoms with Gasteiger partial charge in [-0.05, 0) is 44.2 Å². The van der Waals surface area contributed by atoms with Crippen molar-refractivity contribution in [3.05, 3.63) is 59.1 Å². The zero-order valence-corrected chi connectivity index (χ0v) is 15.1. The molecule has 0 aliphatic heterocycles. The topological polar surface area (TPSA) is 61.4 Å². The quantitative estimate of drug-likeness (QED) is 0.788. The Bertz CT molecular complexity index is 745. The Kier molecular flexibility index (Phi) is 6.83. The molecule has 0 spiro atoms. The van der Waals surface area contributed by atoms with Crippen LogP contribution in [-0.4, -0.2) is 36.3 Å². The van der Waals surface area contributed by atoms with Gasteiger partial charge in [0.1, 0.15) is 0 Å². The van der Waals surface area contributed by atoms with Gasteiger partial charge in [-0.15, -0.1) is 0 Å². The van der Waals surface area contributed by atoms with Gasteiger partial charge in [-0.2, -0.15) is 0 Å². The van der Waals surface area contributed by atoms with Gasteiger partial charge in [-0.1, -0.05) is 29.8 Å². The molecule has 0 heterocycles. The zero-order chi connectivity index (χ0) is 18.2. The Balaban J connectivity index is 1.98. The summed E-state index contributed by atoms with van der Waals surface area (Å²) in [4.78, 5) is 26.2. The molecule has 2 amide bonds. The number of carbonyl (C=O) groups is 2. The first-order valence-electron chi connectivity index (χ1n) is 8.22. The second kappa shape index (κ2) is 9.08. The van der Waals surface area contributed by atoms with Crippen LogP contribution in [0.25, 0.3) is 0 Å². The minimum Gasteiger partial charge on any atom is -0.375 e. The summed E-state index contributed by atoms with van der Waals surface area (Å²) >= 11 is 6.04. The first-order valence-corrected chi connectivity index (χ1v) is 8.60. The lowest BCUT2D eigenvalue weighted by molar-refractivity contribution is -0.114. The molecule has 0 aliphatic rings. The van der Waals surface area contributed by atoms with E-state index in [0.717, 1.165) is 0 Å². The van der Waals surface area contributed by atoms with Crippen molar-refractivity contribution in [2.45, 2.75) is 13.8 Å². The van der Waals surface area contributed by atoms with Crippen molar-refractivity contribution >= 4 is 34.8 Å². The molecule has 0 saturated heterocycles. The molecule has 0 unspecified atom stereocenters. The van der Waals surface area contributed by atoms with Gasteiger partial charge < -0.3 is 15.5 Å². The highest BCUT2D eigenvalue weighted by Crippen LogP contribution is 2.20. The van der Waals surface area contributed by atoms with E-state index >= 15 is 0 Å². The van der Waals surface area contributed by atoms with Crippen molar-refractivity contribution in [2.75, 3.05) is 30.3 Å². The number of rotatable bonds is 7. The minimum absolute atomic E-state index is 0.0460. The predicted octanol–water partition coefficient (Wildman–Crippen LogP) is 3.87. The van der Waals surface area contributed by atoms with E-state index in [0.29, 0.717) is 35.1 Å². The summed E-state index contributed by atoms with van der Waals surface area (Å²) in [5.41, 5.74) is 1.84. The SMILES string of the molecule is CCN(CC)C(=O)c1cccc(NC(=O)CNc2ccccc2Cl)c1. The molecule has 2 aromatic carbocycles. The summed E-state index contributed by atoms with van der Waals surface area (Å²) in [5.74, 6) is -0.261. The minimum atomic E-state index is -0.215. The molecule has 0 radical (unpaired) electrons. The molecular formula is C19H22ClN3O2. The molecule has 0 fully saturated rings. The van der Waals surface area contributed by atoms with E-state index in [1.165, 1.54) is 0 Å². The maximum Gasteiger partial charge on any atom is 0.253 e. The van der Waals surface area contributed by atoms with Crippen molar-refractivity contribution in [1.82, 2.24) is 4.90 Å². The van der Waals surface area contributed by atoms with Crippen LogP contribution < -0.4 is 10.6 Å². The molecule has 6 heteroatoms. The molecule has 2 rings (SSSR count). The molecule has 5 nitrogen and oxygen atoms in total. The van der Waals surface area contributed by atoms with E-state index in [1.807, 2.05) is 26.0 Å². The van der Waals surface area contributed by atoms with Crippen LogP contribution in [0.5, 0.6) is 0 Å². The number of amides is 2. The summed E-state index contributed by atoms with van der Waals surface area (Å²) in [6, 6.07) is 14.2. The molecule has 0 bridgehead atoms. The Hall–Kier alpha value is -2.53. The van der Waals surface area contributed by atoms with Crippen LogP contribution in [-0.2, 0) is 4.79 Å². The lowest BCUT2D eigenvalue weighted by Gasteiger charge is -2.19. The van der Waals surface area contributed by atoms with Crippen molar-refractivity contribution in [3.8, 4) is 0 Å². The van der Waals surface area contributed by atoms with Gasteiger partial charge in [0.2, 0.25) is 5.91 Å². The maximum absolute atomic E-state index is 12.4. The van der Waals surface area contributed by atoms with E-state index in [1.54, 1.807) is 41.3 Å². The van der Waals surface area contributed by atoms with E-state index in [-0.39, 0.29) is 18.4 Å². The zero-order valence-electron chi connectivity index (χ0n) is 14.4. The fraction of sp³-hybridized carbons (Fsp3) is 0.263. The number of halogens is 1. The van der Waals surface area contributed by atoms with Gasteiger partial charge in [0.05, 0.1) is 17.3 Å². The molecular weight excluding hydrogens is 338 g/mol. The molecule has 2 N–H and O–H groups in total. The molecule has 132 valence electrons. The largest absolute Gasteiger partial charge is 0.375 e. The van der Waals surface area contributed by atoms with E-state index < -0.39 is 0 Å². The Morgan fingerprint density at radius 2 is 1.76 bits per heavy atom. The summed E-state index contributed by atoms with van der Waals surface area (Å²) in [7, 11) is 0. The van der Waals surface area contributed by atoms with Crippen LogP contribution in [0.3, 0.4) is 0 Å². The average Bonchev–Trinajstić information content (AvgIpc) is 2.62. The van der Waals surface area contributed by atoms with Crippen LogP contribution in [0.1, 0.15) is 24.2 Å². The Labute approximate surface area is 153 Å². The van der Waals surface area contributed by atoms with Gasteiger partial charge in [0, 0.05) is 24.3 Å². The van der Waals surface area contributed by atoms with E-state index in [2.05, 4.69) is 10.6 Å². The summed E-state index contributed by atoms with van der Waals surface area (Å²) in [5, 5.41) is 6.33. The van der Waals surface area contributed by atoms with Crippen molar-refractivity contribution in [2.24, 2.45) is 0 Å². The van der Waals surface area contributed by atoms with E-state index in [4.69, 9.17) is 11.6 Å². The van der Waals surface area contributed by atoms with Gasteiger partial charge in [0.15, 0.2) is 0 Å². The maximum atomic E-state index is 12.4. The summed E-state index contributed by atoms with van der Waals surface area (Å²) in [6.45, 7) is 5.25. The third-order valence-corrected chi connectivity index (χ3v) is 4.09. The Morgan fingerprint density at radius 3 is 2.44 bits per heavy atom. The van der Waals surface area contributed by atoms with E-state index in [9.17, 15) is 9.59 Å². The standard InChI is InChI=1S/C19H22ClN3O2/c1-3-23(4-2)19(25)14-8-7-9-15(12-14)22-18(24)13-21-17-11-6-5-10-16(17)20/h5-12,21H,3-4,13H2,1-2H3,(H,22,24). The van der Waals surface area contributed by atoms with Crippen LogP contribution in [0.4, 0.5) is 11.4 Å². The number of hydrogen-bond acceptors (Lipinski definition) is 3. The lowest BCUT2D eigenvalue weighted by atomic mass is 10.1. The highest BCUT2D eigenvalue weighted by molar-refractivity contribution is 6.33. The van der Waals surface area contributed by atoms with Crippen LogP contribution in [0, 0.1) is 0 Å². The number of hydrogen-bond donors (Lipinski definition) is 2. The van der Waals surface area contributed by atoms with Crippen molar-refractivity contribution in [3.63, 3.8) is 0 Å². The van der Waals surface area contributed by atoms with Crippen LogP contribution in [0.2, 0.25) is 5.02 Å². The molecule has 0 saturated carbocycles. The molecule has 0 atom stereocenters. The fourth-order valence-corrected chi connectivity index (χ4v) is 2.61. The van der Waals surface area contributed by atoms with Crippen molar-refractivity contribution < 1.29 is 9.59 Å². The molecule has 0 aromatic heterocycles. The monoisotopic (exact) mass is 359 g/mol. The first kappa shape index (κ1) is 18.8. The number of carbonyl (C=O) groups excluding carboxylic acids is 2. The number of anilines is 2. The smallest absolute Gasteiger partial charge is 0.253 e. The van der Waals surface area contributed by atoms with Crippen molar-refractivity contribution in [1.29, 1.82) is 0 Å². The van der Waals surface area contributed by atoms with Crippen LogP contribution in [0.15, 0.2) is 48.5 Å². The van der Waals surface area contributed by atoms with Crippen LogP contribution >= 0.6 is 11.6 Å². The van der Waals surface area contributed by atoms with Gasteiger partial charge in [0.25, 0.3) is 5.91 Å². The second-order valence-corrected chi connectivity index (χ2v) is 5.85. The Morgan fingerprint density at radius 1 is 1.04 bits per heavy atom. The number of benzene rings is 2. The first-order chi connectivity index (χ1) is 12.0.